The van der Waals surface area contributed by atoms with Crippen LogP contribution in [0.3, 0.4) is 0 Å². The van der Waals surface area contributed by atoms with E-state index in [4.69, 9.17) is 28.1 Å². The van der Waals surface area contributed by atoms with E-state index in [1.807, 2.05) is 6.07 Å². The molecule has 0 spiro atoms. The second-order valence-corrected chi connectivity index (χ2v) is 18.2. The molecule has 0 aliphatic carbocycles. The fourth-order valence-electron chi connectivity index (χ4n) is 7.09. The maximum atomic E-state index is 13.3. The molecule has 1 aliphatic heterocycles. The highest BCUT2D eigenvalue weighted by atomic mass is 32.3. The molecule has 0 radical (unpaired) electrons. The first-order valence-electron chi connectivity index (χ1n) is 22.8. The summed E-state index contributed by atoms with van der Waals surface area (Å²) in [7, 11) is -10.0. The van der Waals surface area contributed by atoms with Gasteiger partial charge in [0.05, 0.1) is 19.8 Å². The first-order chi connectivity index (χ1) is 29.2. The van der Waals surface area contributed by atoms with Crippen LogP contribution < -0.4 is 14.8 Å². The molecule has 1 amide bonds. The highest BCUT2D eigenvalue weighted by Gasteiger charge is 2.48. The zero-order valence-corrected chi connectivity index (χ0v) is 38.4. The summed E-state index contributed by atoms with van der Waals surface area (Å²) >= 11 is 0. The molecule has 0 bridgehead atoms. The number of aliphatic hydroxyl groups is 2. The summed E-state index contributed by atoms with van der Waals surface area (Å²) in [4.78, 5) is 13.3. The maximum absolute atomic E-state index is 13.3. The quantitative estimate of drug-likeness (QED) is 0.0312. The van der Waals surface area contributed by atoms with Crippen molar-refractivity contribution in [3.63, 3.8) is 0 Å². The Morgan fingerprint density at radius 2 is 1.05 bits per heavy atom. The van der Waals surface area contributed by atoms with E-state index >= 15 is 0 Å². The predicted octanol–water partition coefficient (Wildman–Crippen LogP) is 8.05. The number of nitrogens with one attached hydrogen (secondary N) is 1. The van der Waals surface area contributed by atoms with Crippen LogP contribution in [-0.4, -0.2) is 106 Å². The number of hydrogen-bond donors (Lipinski definition) is 5. The Morgan fingerprint density at radius 3 is 1.51 bits per heavy atom. The highest BCUT2D eigenvalue weighted by Crippen LogP contribution is 2.27. The van der Waals surface area contributed by atoms with Crippen molar-refractivity contribution in [2.75, 3.05) is 33.0 Å². The van der Waals surface area contributed by atoms with Crippen LogP contribution in [0.4, 0.5) is 0 Å². The maximum Gasteiger partial charge on any atom is 0.397 e. The number of aliphatic hydroxyl groups excluding tert-OH is 2. The summed E-state index contributed by atoms with van der Waals surface area (Å²) in [5, 5.41) is 23.6. The number of hydrogen-bond acceptors (Lipinski definition) is 13. The predicted molar refractivity (Wildman–Crippen MR) is 232 cm³/mol. The van der Waals surface area contributed by atoms with Gasteiger partial charge < -0.3 is 34.5 Å². The molecule has 5 unspecified atom stereocenters. The number of amides is 1. The lowest BCUT2D eigenvalue weighted by molar-refractivity contribution is -0.294. The Labute approximate surface area is 366 Å². The van der Waals surface area contributed by atoms with Crippen molar-refractivity contribution in [1.29, 1.82) is 0 Å². The molecular weight excluding hydrogens is 835 g/mol. The van der Waals surface area contributed by atoms with Crippen LogP contribution >= 0.6 is 0 Å². The Morgan fingerprint density at radius 1 is 0.607 bits per heavy atom. The molecule has 1 fully saturated rings. The molecule has 18 heteroatoms. The molecule has 5 N–H and O–H groups in total. The van der Waals surface area contributed by atoms with Crippen LogP contribution in [-0.2, 0) is 38.6 Å². The van der Waals surface area contributed by atoms with Crippen molar-refractivity contribution in [3.05, 3.63) is 23.8 Å². The van der Waals surface area contributed by atoms with Crippen molar-refractivity contribution < 1.29 is 68.3 Å². The van der Waals surface area contributed by atoms with Gasteiger partial charge in [0, 0.05) is 24.8 Å². The summed E-state index contributed by atoms with van der Waals surface area (Å²) in [6.07, 6.45) is 18.0. The summed E-state index contributed by atoms with van der Waals surface area (Å²) in [6.45, 7) is 5.04. The average Bonchev–Trinajstić information content (AvgIpc) is 3.21. The van der Waals surface area contributed by atoms with Gasteiger partial charge in [-0.1, -0.05) is 142 Å². The second-order valence-electron chi connectivity index (χ2n) is 16.0. The minimum Gasteiger partial charge on any atom is -0.493 e. The third-order valence-electron chi connectivity index (χ3n) is 10.6. The van der Waals surface area contributed by atoms with E-state index in [-0.39, 0.29) is 12.5 Å². The zero-order valence-electron chi connectivity index (χ0n) is 36.7. The van der Waals surface area contributed by atoms with Gasteiger partial charge in [-0.3, -0.25) is 13.9 Å². The highest BCUT2D eigenvalue weighted by molar-refractivity contribution is 7.81. The molecule has 1 aromatic rings. The Hall–Kier alpha value is -2.13. The molecule has 1 heterocycles. The van der Waals surface area contributed by atoms with E-state index in [0.717, 1.165) is 25.7 Å². The van der Waals surface area contributed by atoms with Crippen LogP contribution in [0.15, 0.2) is 18.2 Å². The summed E-state index contributed by atoms with van der Waals surface area (Å²) < 4.78 is 94.5. The number of benzene rings is 1. The van der Waals surface area contributed by atoms with Gasteiger partial charge in [-0.25, -0.2) is 8.37 Å². The van der Waals surface area contributed by atoms with E-state index in [0.29, 0.717) is 62.5 Å². The van der Waals surface area contributed by atoms with Crippen molar-refractivity contribution >= 4 is 26.7 Å². The van der Waals surface area contributed by atoms with Crippen molar-refractivity contribution in [1.82, 2.24) is 5.32 Å². The Kier molecular flexibility index (Phi) is 29.3. The third-order valence-corrected chi connectivity index (χ3v) is 11.5. The summed E-state index contributed by atoms with van der Waals surface area (Å²) in [6, 6.07) is 5.35. The molecule has 16 nitrogen and oxygen atoms in total. The number of ether oxygens (including phenoxy) is 4. The molecule has 356 valence electrons. The molecule has 1 aromatic carbocycles. The van der Waals surface area contributed by atoms with Gasteiger partial charge in [-0.2, -0.15) is 16.8 Å². The minimum absolute atomic E-state index is 0.0368. The SMILES string of the molecule is CCCCCCCCCCCCOc1cc(OCCCCCCCCCCCC)cc(C(=O)NCCCCCCOC2OC(COS(=O)(=O)O)C(O)C(O)C2OS(=O)(=O)O)c1. The van der Waals surface area contributed by atoms with Crippen molar-refractivity contribution in [2.45, 2.75) is 199 Å². The minimum atomic E-state index is -5.12. The van der Waals surface area contributed by atoms with Crippen LogP contribution in [0.25, 0.3) is 0 Å². The van der Waals surface area contributed by atoms with E-state index in [9.17, 15) is 31.8 Å². The van der Waals surface area contributed by atoms with Gasteiger partial charge in [0.1, 0.15) is 29.8 Å². The van der Waals surface area contributed by atoms with E-state index in [2.05, 4.69) is 27.5 Å². The monoisotopic (exact) mass is 911 g/mol. The molecule has 1 saturated heterocycles. The Balaban J connectivity index is 1.82. The van der Waals surface area contributed by atoms with Gasteiger partial charge in [-0.05, 0) is 37.8 Å². The van der Waals surface area contributed by atoms with Crippen LogP contribution in [0.1, 0.15) is 178 Å². The largest absolute Gasteiger partial charge is 0.493 e. The van der Waals surface area contributed by atoms with E-state index in [1.165, 1.54) is 103 Å². The van der Waals surface area contributed by atoms with E-state index in [1.54, 1.807) is 12.1 Å². The second kappa shape index (κ2) is 32.5. The first-order valence-corrected chi connectivity index (χ1v) is 25.6. The van der Waals surface area contributed by atoms with Gasteiger partial charge in [0.15, 0.2) is 12.4 Å². The van der Waals surface area contributed by atoms with Crippen LogP contribution in [0, 0.1) is 0 Å². The normalized spacial score (nSPS) is 19.5. The zero-order chi connectivity index (χ0) is 44.8. The number of carbonyl (C=O) groups is 1. The molecule has 0 aromatic heterocycles. The van der Waals surface area contributed by atoms with Crippen molar-refractivity contribution in [2.24, 2.45) is 0 Å². The fourth-order valence-corrected chi connectivity index (χ4v) is 7.88. The first kappa shape index (κ1) is 55.0. The molecule has 61 heavy (non-hydrogen) atoms. The van der Waals surface area contributed by atoms with Crippen molar-refractivity contribution in [3.8, 4) is 11.5 Å². The fraction of sp³-hybridized carbons (Fsp3) is 0.837. The lowest BCUT2D eigenvalue weighted by Crippen LogP contribution is -2.60. The van der Waals surface area contributed by atoms with Gasteiger partial charge in [0.2, 0.25) is 0 Å². The molecule has 0 saturated carbocycles. The third kappa shape index (κ3) is 27.0. The average molecular weight is 912 g/mol. The van der Waals surface area contributed by atoms with E-state index < -0.39 is 58.1 Å². The summed E-state index contributed by atoms with van der Waals surface area (Å²) in [5.41, 5.74) is 0.453. The Bertz CT molecular complexity index is 1470. The molecular formula is C43H77NO15S2. The lowest BCUT2D eigenvalue weighted by atomic mass is 9.99. The van der Waals surface area contributed by atoms with Crippen LogP contribution in [0.5, 0.6) is 11.5 Å². The number of carbonyl (C=O) groups excluding carboxylic acids is 1. The molecule has 5 atom stereocenters. The van der Waals surface area contributed by atoms with Gasteiger partial charge in [-0.15, -0.1) is 0 Å². The van der Waals surface area contributed by atoms with Gasteiger partial charge >= 0.3 is 20.8 Å². The summed E-state index contributed by atoms with van der Waals surface area (Å²) in [5.74, 6) is 0.961. The number of unbranched alkanes of at least 4 members (excludes halogenated alkanes) is 21. The lowest BCUT2D eigenvalue weighted by Gasteiger charge is -2.41. The topological polar surface area (TPSA) is 234 Å². The smallest absolute Gasteiger partial charge is 0.397 e. The number of rotatable bonds is 38. The van der Waals surface area contributed by atoms with Gasteiger partial charge in [0.25, 0.3) is 5.91 Å². The molecule has 2 rings (SSSR count). The molecule has 1 aliphatic rings. The standard InChI is InChI=1S/C43H77NO15S2/c1-3-5-7-9-11-13-15-17-20-24-28-54-36-31-35(32-37(33-36)55-29-25-21-18-16-14-12-10-8-6-4-2)42(47)44-27-23-19-22-26-30-56-43-41(59-61(51,52)53)40(46)39(45)38(58-43)34-57-60(48,49)50/h31-33,38-41,43,45-46H,3-30,34H2,1-2H3,(H,44,47)(H,48,49,50)(H,51,52,53). The van der Waals surface area contributed by atoms with Crippen LogP contribution in [0.2, 0.25) is 0 Å².